The van der Waals surface area contributed by atoms with Gasteiger partial charge in [0.15, 0.2) is 0 Å². The van der Waals surface area contributed by atoms with Gasteiger partial charge in [-0.25, -0.2) is 4.79 Å². The lowest BCUT2D eigenvalue weighted by molar-refractivity contribution is 0.115. The van der Waals surface area contributed by atoms with Crippen molar-refractivity contribution < 1.29 is 4.79 Å². The maximum atomic E-state index is 12.1. The molecular weight excluding hydrogens is 330 g/mol. The highest BCUT2D eigenvalue weighted by molar-refractivity contribution is 5.89. The zero-order chi connectivity index (χ0) is 18.4. The van der Waals surface area contributed by atoms with Gasteiger partial charge >= 0.3 is 6.03 Å². The average molecular weight is 357 g/mol. The van der Waals surface area contributed by atoms with Crippen molar-refractivity contribution in [3.05, 3.63) is 36.9 Å². The number of carbonyl (C=O) groups excluding carboxylic acids is 1. The number of amides is 2. The third kappa shape index (κ3) is 5.03. The minimum Gasteiger partial charge on any atom is -0.338 e. The van der Waals surface area contributed by atoms with Gasteiger partial charge in [0, 0.05) is 44.5 Å². The molecule has 2 heterocycles. The van der Waals surface area contributed by atoms with Crippen molar-refractivity contribution in [1.29, 1.82) is 0 Å². The second-order valence-electron chi connectivity index (χ2n) is 6.78. The Balaban J connectivity index is 1.42. The van der Waals surface area contributed by atoms with Gasteiger partial charge in [0.2, 0.25) is 0 Å². The maximum Gasteiger partial charge on any atom is 0.319 e. The number of likely N-dealkylation sites (N-methyl/N-ethyl adjacent to an activating group) is 1. The fraction of sp³-hybridized carbons (Fsp3) is 0.500. The number of aromatic nitrogens is 3. The predicted molar refractivity (Wildman–Crippen MR) is 102 cm³/mol. The van der Waals surface area contributed by atoms with Gasteiger partial charge in [0.1, 0.15) is 12.7 Å². The number of rotatable bonds is 6. The van der Waals surface area contributed by atoms with Crippen LogP contribution in [-0.4, -0.2) is 76.4 Å². The predicted octanol–water partition coefficient (Wildman–Crippen LogP) is 1.41. The zero-order valence-corrected chi connectivity index (χ0v) is 15.4. The van der Waals surface area contributed by atoms with Gasteiger partial charge in [0.05, 0.1) is 5.69 Å². The van der Waals surface area contributed by atoms with Crippen LogP contribution in [0.4, 0.5) is 10.5 Å². The van der Waals surface area contributed by atoms with Crippen LogP contribution in [0.25, 0.3) is 5.69 Å². The van der Waals surface area contributed by atoms with E-state index in [9.17, 15) is 4.79 Å². The number of anilines is 1. The summed E-state index contributed by atoms with van der Waals surface area (Å²) in [6, 6.07) is 7.86. The third-order valence-corrected chi connectivity index (χ3v) is 4.83. The van der Waals surface area contributed by atoms with Crippen molar-refractivity contribution in [2.45, 2.75) is 19.4 Å². The summed E-state index contributed by atoms with van der Waals surface area (Å²) in [7, 11) is 2.16. The molecule has 1 fully saturated rings. The molecule has 0 spiro atoms. The first-order chi connectivity index (χ1) is 12.6. The summed E-state index contributed by atoms with van der Waals surface area (Å²) in [6.07, 6.45) is 4.19. The topological polar surface area (TPSA) is 78.3 Å². The minimum atomic E-state index is -0.184. The molecule has 1 aromatic heterocycles. The van der Waals surface area contributed by atoms with E-state index in [1.807, 2.05) is 24.3 Å². The van der Waals surface area contributed by atoms with Crippen LogP contribution in [0, 0.1) is 0 Å². The summed E-state index contributed by atoms with van der Waals surface area (Å²) in [5.41, 5.74) is 1.64. The lowest BCUT2D eigenvalue weighted by atomic mass is 10.1. The van der Waals surface area contributed by atoms with Gasteiger partial charge in [-0.1, -0.05) is 6.07 Å². The molecule has 0 saturated carbocycles. The van der Waals surface area contributed by atoms with E-state index in [2.05, 4.69) is 44.6 Å². The molecule has 8 nitrogen and oxygen atoms in total. The largest absolute Gasteiger partial charge is 0.338 e. The molecule has 26 heavy (non-hydrogen) atoms. The summed E-state index contributed by atoms with van der Waals surface area (Å²) in [5.74, 6) is 0. The highest BCUT2D eigenvalue weighted by Crippen LogP contribution is 2.14. The Morgan fingerprint density at radius 1 is 1.19 bits per heavy atom. The summed E-state index contributed by atoms with van der Waals surface area (Å²) in [6.45, 7) is 7.31. The molecule has 1 aliphatic heterocycles. The van der Waals surface area contributed by atoms with Gasteiger partial charge in [-0.05, 0) is 38.6 Å². The highest BCUT2D eigenvalue weighted by Gasteiger charge is 2.18. The van der Waals surface area contributed by atoms with E-state index in [1.165, 1.54) is 0 Å². The summed E-state index contributed by atoms with van der Waals surface area (Å²) >= 11 is 0. The number of piperazine rings is 1. The summed E-state index contributed by atoms with van der Waals surface area (Å²) < 4.78 is 1.79. The van der Waals surface area contributed by atoms with Crippen molar-refractivity contribution in [3.8, 4) is 5.69 Å². The third-order valence-electron chi connectivity index (χ3n) is 4.83. The van der Waals surface area contributed by atoms with Crippen LogP contribution in [0.15, 0.2) is 36.9 Å². The van der Waals surface area contributed by atoms with E-state index in [0.717, 1.165) is 44.0 Å². The molecule has 1 atom stereocenters. The zero-order valence-electron chi connectivity index (χ0n) is 15.4. The lowest BCUT2D eigenvalue weighted by Crippen LogP contribution is -2.48. The standard InChI is InChI=1S/C18H27N7O/c1-15(24-10-8-23(2)9-11-24)6-7-19-18(26)22-16-4-3-5-17(12-16)25-13-20-21-14-25/h3-5,12-15H,6-11H2,1-2H3,(H2,19,22,26)/t15-/m0/s1. The maximum absolute atomic E-state index is 12.1. The molecule has 8 heteroatoms. The smallest absolute Gasteiger partial charge is 0.319 e. The fourth-order valence-electron chi connectivity index (χ4n) is 3.09. The Morgan fingerprint density at radius 3 is 2.65 bits per heavy atom. The summed E-state index contributed by atoms with van der Waals surface area (Å²) in [5, 5.41) is 13.4. The van der Waals surface area contributed by atoms with Crippen LogP contribution in [0.3, 0.4) is 0 Å². The molecule has 2 N–H and O–H groups in total. The molecule has 2 aromatic rings. The SMILES string of the molecule is C[C@@H](CCNC(=O)Nc1cccc(-n2cnnc2)c1)N1CCN(C)CC1. The van der Waals surface area contributed by atoms with E-state index in [-0.39, 0.29) is 6.03 Å². The Labute approximate surface area is 154 Å². The number of carbonyl (C=O) groups is 1. The van der Waals surface area contributed by atoms with Gasteiger partial charge in [-0.3, -0.25) is 9.47 Å². The second-order valence-corrected chi connectivity index (χ2v) is 6.78. The molecule has 0 aliphatic carbocycles. The first kappa shape index (κ1) is 18.3. The van der Waals surface area contributed by atoms with E-state index in [1.54, 1.807) is 17.2 Å². The van der Waals surface area contributed by atoms with Crippen LogP contribution in [0.1, 0.15) is 13.3 Å². The Hall–Kier alpha value is -2.45. The monoisotopic (exact) mass is 357 g/mol. The molecule has 2 amide bonds. The van der Waals surface area contributed by atoms with Crippen molar-refractivity contribution >= 4 is 11.7 Å². The summed E-state index contributed by atoms with van der Waals surface area (Å²) in [4.78, 5) is 17.0. The normalized spacial score (nSPS) is 17.0. The van der Waals surface area contributed by atoms with Crippen LogP contribution in [0.2, 0.25) is 0 Å². The van der Waals surface area contributed by atoms with Gasteiger partial charge in [0.25, 0.3) is 0 Å². The Kier molecular flexibility index (Phi) is 6.19. The quantitative estimate of drug-likeness (QED) is 0.817. The van der Waals surface area contributed by atoms with E-state index < -0.39 is 0 Å². The first-order valence-electron chi connectivity index (χ1n) is 9.04. The number of benzene rings is 1. The highest BCUT2D eigenvalue weighted by atomic mass is 16.2. The van der Waals surface area contributed by atoms with Crippen molar-refractivity contribution in [2.75, 3.05) is 45.1 Å². The van der Waals surface area contributed by atoms with Crippen LogP contribution in [-0.2, 0) is 0 Å². The van der Waals surface area contributed by atoms with Crippen LogP contribution in [0.5, 0.6) is 0 Å². The first-order valence-corrected chi connectivity index (χ1v) is 9.04. The van der Waals surface area contributed by atoms with Crippen molar-refractivity contribution in [3.63, 3.8) is 0 Å². The fourth-order valence-corrected chi connectivity index (χ4v) is 3.09. The molecular formula is C18H27N7O. The molecule has 0 unspecified atom stereocenters. The van der Waals surface area contributed by atoms with Crippen molar-refractivity contribution in [2.24, 2.45) is 0 Å². The van der Waals surface area contributed by atoms with Gasteiger partial charge in [-0.15, -0.1) is 10.2 Å². The van der Waals surface area contributed by atoms with Crippen molar-refractivity contribution in [1.82, 2.24) is 29.9 Å². The average Bonchev–Trinajstić information content (AvgIpc) is 3.17. The molecule has 0 radical (unpaired) electrons. The Bertz CT molecular complexity index is 695. The molecule has 1 saturated heterocycles. The van der Waals surface area contributed by atoms with Gasteiger partial charge < -0.3 is 15.5 Å². The number of hydrogen-bond acceptors (Lipinski definition) is 5. The number of urea groups is 1. The number of nitrogens with one attached hydrogen (secondary N) is 2. The van der Waals surface area contributed by atoms with Crippen LogP contribution < -0.4 is 10.6 Å². The number of hydrogen-bond donors (Lipinski definition) is 2. The van der Waals surface area contributed by atoms with E-state index in [0.29, 0.717) is 12.6 Å². The lowest BCUT2D eigenvalue weighted by Gasteiger charge is -2.36. The van der Waals surface area contributed by atoms with E-state index in [4.69, 9.17) is 0 Å². The minimum absolute atomic E-state index is 0.184. The molecule has 140 valence electrons. The molecule has 0 bridgehead atoms. The second kappa shape index (κ2) is 8.77. The van der Waals surface area contributed by atoms with E-state index >= 15 is 0 Å². The number of nitrogens with zero attached hydrogens (tertiary/aromatic N) is 5. The molecule has 1 aromatic carbocycles. The molecule has 1 aliphatic rings. The Morgan fingerprint density at radius 2 is 1.92 bits per heavy atom. The van der Waals surface area contributed by atoms with Gasteiger partial charge in [-0.2, -0.15) is 0 Å². The molecule has 3 rings (SSSR count). The van der Waals surface area contributed by atoms with Crippen LogP contribution >= 0.6 is 0 Å².